The van der Waals surface area contributed by atoms with E-state index in [9.17, 15) is 9.59 Å². The Morgan fingerprint density at radius 3 is 2.37 bits per heavy atom. The van der Waals surface area contributed by atoms with E-state index in [1.54, 1.807) is 36.8 Å². The summed E-state index contributed by atoms with van der Waals surface area (Å²) < 4.78 is 5.10. The highest BCUT2D eigenvalue weighted by Crippen LogP contribution is 2.21. The molecule has 1 aromatic heterocycles. The molecule has 7 nitrogen and oxygen atoms in total. The summed E-state index contributed by atoms with van der Waals surface area (Å²) in [5.41, 5.74) is 2.02. The number of ether oxygens (including phenoxy) is 1. The third kappa shape index (κ3) is 4.44. The van der Waals surface area contributed by atoms with Crippen LogP contribution in [0.3, 0.4) is 0 Å². The zero-order valence-electron chi connectivity index (χ0n) is 16.6. The number of anilines is 2. The number of methoxy groups -OCH3 is 1. The van der Waals surface area contributed by atoms with Gasteiger partial charge in [-0.05, 0) is 36.4 Å². The molecule has 2 amide bonds. The van der Waals surface area contributed by atoms with Gasteiger partial charge >= 0.3 is 0 Å². The zero-order chi connectivity index (χ0) is 20.9. The number of benzene rings is 2. The van der Waals surface area contributed by atoms with Crippen molar-refractivity contribution < 1.29 is 14.3 Å². The maximum atomic E-state index is 12.8. The van der Waals surface area contributed by atoms with Gasteiger partial charge in [0.2, 0.25) is 0 Å². The fourth-order valence-electron chi connectivity index (χ4n) is 3.31. The Balaban J connectivity index is 1.34. The highest BCUT2D eigenvalue weighted by molar-refractivity contribution is 7.14. The van der Waals surface area contributed by atoms with Gasteiger partial charge < -0.3 is 14.5 Å². The lowest BCUT2D eigenvalue weighted by Gasteiger charge is -2.35. The molecule has 2 aromatic carbocycles. The molecule has 0 aliphatic carbocycles. The van der Waals surface area contributed by atoms with Gasteiger partial charge in [-0.15, -0.1) is 11.3 Å². The molecule has 0 unspecified atom stereocenters. The van der Waals surface area contributed by atoms with Gasteiger partial charge in [-0.3, -0.25) is 14.9 Å². The third-order valence-corrected chi connectivity index (χ3v) is 5.74. The maximum absolute atomic E-state index is 12.8. The third-order valence-electron chi connectivity index (χ3n) is 4.98. The topological polar surface area (TPSA) is 74.8 Å². The van der Waals surface area contributed by atoms with E-state index >= 15 is 0 Å². The molecule has 1 saturated heterocycles. The van der Waals surface area contributed by atoms with Gasteiger partial charge in [-0.1, -0.05) is 18.2 Å². The molecule has 2 heterocycles. The van der Waals surface area contributed by atoms with Crippen molar-refractivity contribution >= 4 is 34.0 Å². The average Bonchev–Trinajstić information content (AvgIpc) is 3.27. The number of piperazine rings is 1. The number of carbonyl (C=O) groups is 2. The summed E-state index contributed by atoms with van der Waals surface area (Å²) in [5, 5.41) is 4.85. The van der Waals surface area contributed by atoms with Crippen molar-refractivity contribution in [2.45, 2.75) is 0 Å². The summed E-state index contributed by atoms with van der Waals surface area (Å²) in [6.07, 6.45) is 0. The number of carbonyl (C=O) groups excluding carboxylic acids is 2. The number of rotatable bonds is 5. The molecule has 0 bridgehead atoms. The first kappa shape index (κ1) is 19.9. The molecular weight excluding hydrogens is 400 g/mol. The molecule has 30 heavy (non-hydrogen) atoms. The number of nitrogens with one attached hydrogen (secondary N) is 1. The van der Waals surface area contributed by atoms with Crippen LogP contribution in [-0.2, 0) is 0 Å². The zero-order valence-corrected chi connectivity index (χ0v) is 17.4. The smallest absolute Gasteiger partial charge is 0.273 e. The number of thiazole rings is 1. The van der Waals surface area contributed by atoms with E-state index in [2.05, 4.69) is 27.3 Å². The minimum atomic E-state index is -0.275. The van der Waals surface area contributed by atoms with Crippen LogP contribution in [0.1, 0.15) is 20.8 Å². The van der Waals surface area contributed by atoms with Crippen LogP contribution in [0.15, 0.2) is 60.0 Å². The number of aromatic nitrogens is 1. The first-order valence-corrected chi connectivity index (χ1v) is 10.5. The molecule has 0 saturated carbocycles. The molecular formula is C22H22N4O3S. The molecule has 154 valence electrons. The lowest BCUT2D eigenvalue weighted by Crippen LogP contribution is -2.48. The van der Waals surface area contributed by atoms with Crippen LogP contribution in [0, 0.1) is 0 Å². The fraction of sp³-hybridized carbons (Fsp3) is 0.227. The van der Waals surface area contributed by atoms with E-state index in [-0.39, 0.29) is 11.8 Å². The Kier molecular flexibility index (Phi) is 5.94. The first-order chi connectivity index (χ1) is 14.6. The Hall–Kier alpha value is -3.39. The van der Waals surface area contributed by atoms with E-state index in [1.165, 1.54) is 17.0 Å². The van der Waals surface area contributed by atoms with Crippen LogP contribution in [0.25, 0.3) is 0 Å². The lowest BCUT2D eigenvalue weighted by atomic mass is 10.2. The monoisotopic (exact) mass is 422 g/mol. The van der Waals surface area contributed by atoms with E-state index in [4.69, 9.17) is 4.74 Å². The number of hydrogen-bond acceptors (Lipinski definition) is 6. The predicted molar refractivity (Wildman–Crippen MR) is 118 cm³/mol. The van der Waals surface area contributed by atoms with Crippen molar-refractivity contribution in [3.05, 3.63) is 71.2 Å². The molecule has 1 aliphatic rings. The van der Waals surface area contributed by atoms with Crippen molar-refractivity contribution in [3.8, 4) is 5.75 Å². The highest BCUT2D eigenvalue weighted by Gasteiger charge is 2.24. The molecule has 0 spiro atoms. The van der Waals surface area contributed by atoms with Crippen LogP contribution in [-0.4, -0.2) is 55.0 Å². The van der Waals surface area contributed by atoms with E-state index in [1.807, 2.05) is 23.1 Å². The van der Waals surface area contributed by atoms with Gasteiger partial charge in [0.05, 0.1) is 7.11 Å². The Morgan fingerprint density at radius 1 is 1.00 bits per heavy atom. The number of para-hydroxylation sites is 1. The molecule has 1 N–H and O–H groups in total. The molecule has 0 radical (unpaired) electrons. The maximum Gasteiger partial charge on any atom is 0.273 e. The van der Waals surface area contributed by atoms with Crippen LogP contribution in [0.4, 0.5) is 10.8 Å². The highest BCUT2D eigenvalue weighted by atomic mass is 32.1. The summed E-state index contributed by atoms with van der Waals surface area (Å²) in [6.45, 7) is 2.83. The standard InChI is InChI=1S/C22H22N4O3S/c1-29-18-9-7-16(8-10-18)20(27)24-22-23-19(15-30-22)21(28)26-13-11-25(12-14-26)17-5-3-2-4-6-17/h2-10,15H,11-14H2,1H3,(H,23,24,27). The minimum Gasteiger partial charge on any atom is -0.497 e. The van der Waals surface area contributed by atoms with Crippen molar-refractivity contribution in [1.29, 1.82) is 0 Å². The van der Waals surface area contributed by atoms with Crippen molar-refractivity contribution in [1.82, 2.24) is 9.88 Å². The Labute approximate surface area is 178 Å². The van der Waals surface area contributed by atoms with E-state index < -0.39 is 0 Å². The van der Waals surface area contributed by atoms with E-state index in [0.717, 1.165) is 13.1 Å². The number of nitrogens with zero attached hydrogens (tertiary/aromatic N) is 3. The van der Waals surface area contributed by atoms with Gasteiger partial charge in [0.1, 0.15) is 11.4 Å². The molecule has 1 aliphatic heterocycles. The van der Waals surface area contributed by atoms with E-state index in [0.29, 0.717) is 35.2 Å². The second-order valence-electron chi connectivity index (χ2n) is 6.84. The summed E-state index contributed by atoms with van der Waals surface area (Å²) in [7, 11) is 1.57. The molecule has 8 heteroatoms. The minimum absolute atomic E-state index is 0.107. The average molecular weight is 423 g/mol. The van der Waals surface area contributed by atoms with Crippen LogP contribution >= 0.6 is 11.3 Å². The molecule has 0 atom stereocenters. The number of hydrogen-bond donors (Lipinski definition) is 1. The van der Waals surface area contributed by atoms with Gasteiger partial charge in [-0.25, -0.2) is 4.98 Å². The predicted octanol–water partition coefficient (Wildman–Crippen LogP) is 3.37. The normalized spacial score (nSPS) is 13.8. The van der Waals surface area contributed by atoms with Crippen molar-refractivity contribution in [2.24, 2.45) is 0 Å². The summed E-state index contributed by atoms with van der Waals surface area (Å²) in [4.78, 5) is 33.6. The number of amides is 2. The molecule has 3 aromatic rings. The second kappa shape index (κ2) is 8.96. The lowest BCUT2D eigenvalue weighted by molar-refractivity contribution is 0.0741. The van der Waals surface area contributed by atoms with Gasteiger partial charge in [-0.2, -0.15) is 0 Å². The van der Waals surface area contributed by atoms with Crippen molar-refractivity contribution in [3.63, 3.8) is 0 Å². The largest absolute Gasteiger partial charge is 0.497 e. The molecule has 4 rings (SSSR count). The molecule has 1 fully saturated rings. The fourth-order valence-corrected chi connectivity index (χ4v) is 3.99. The van der Waals surface area contributed by atoms with Crippen LogP contribution in [0.2, 0.25) is 0 Å². The van der Waals surface area contributed by atoms with Gasteiger partial charge in [0, 0.05) is 42.8 Å². The van der Waals surface area contributed by atoms with Crippen molar-refractivity contribution in [2.75, 3.05) is 43.5 Å². The second-order valence-corrected chi connectivity index (χ2v) is 7.69. The van der Waals surface area contributed by atoms with Crippen LogP contribution < -0.4 is 15.0 Å². The summed E-state index contributed by atoms with van der Waals surface area (Å²) >= 11 is 1.24. The van der Waals surface area contributed by atoms with Gasteiger partial charge in [0.15, 0.2) is 5.13 Å². The first-order valence-electron chi connectivity index (χ1n) is 9.64. The summed E-state index contributed by atoms with van der Waals surface area (Å²) in [5.74, 6) is 0.299. The Morgan fingerprint density at radius 2 is 1.70 bits per heavy atom. The quantitative estimate of drug-likeness (QED) is 0.682. The van der Waals surface area contributed by atoms with Gasteiger partial charge in [0.25, 0.3) is 11.8 Å². The SMILES string of the molecule is COc1ccc(C(=O)Nc2nc(C(=O)N3CCN(c4ccccc4)CC3)cs2)cc1. The van der Waals surface area contributed by atoms with Crippen LogP contribution in [0.5, 0.6) is 5.75 Å². The summed E-state index contributed by atoms with van der Waals surface area (Å²) in [6, 6.07) is 17.0. The Bertz CT molecular complexity index is 1010.